The lowest BCUT2D eigenvalue weighted by atomic mass is 10.4. The van der Waals surface area contributed by atoms with Gasteiger partial charge in [0.1, 0.15) is 0 Å². The Kier molecular flexibility index (Phi) is 9.47. The molecule has 11 heavy (non-hydrogen) atoms. The number of nitrogens with one attached hydrogen (secondary N) is 1. The van der Waals surface area contributed by atoms with Gasteiger partial charge in [-0.15, -0.1) is 0 Å². The first-order chi connectivity index (χ1) is 5.41. The number of hydrogen-bond acceptors (Lipinski definition) is 2. The lowest BCUT2D eigenvalue weighted by Crippen LogP contribution is -2.06. The topological polar surface area (TPSA) is 38.0 Å². The van der Waals surface area contributed by atoms with Crippen molar-refractivity contribution < 1.29 is 0 Å². The summed E-state index contributed by atoms with van der Waals surface area (Å²) in [7, 11) is 0. The van der Waals surface area contributed by atoms with E-state index in [4.69, 9.17) is 5.73 Å². The number of alkyl halides is 1. The minimum absolute atomic E-state index is 0.603. The van der Waals surface area contributed by atoms with Gasteiger partial charge in [-0.2, -0.15) is 0 Å². The zero-order valence-corrected chi connectivity index (χ0v) is 8.18. The Hall–Kier alpha value is -0.280. The second-order valence-electron chi connectivity index (χ2n) is 2.02. The Bertz CT molecular complexity index is 121. The summed E-state index contributed by atoms with van der Waals surface area (Å²) in [6, 6.07) is 0. The SMILES string of the molecule is NC/C=C\C=C/NCCCBr. The number of allylic oxidation sites excluding steroid dienone is 2. The van der Waals surface area contributed by atoms with Gasteiger partial charge in [0.25, 0.3) is 0 Å². The van der Waals surface area contributed by atoms with E-state index < -0.39 is 0 Å². The summed E-state index contributed by atoms with van der Waals surface area (Å²) in [5.41, 5.74) is 5.24. The Balaban J connectivity index is 3.09. The first kappa shape index (κ1) is 10.7. The van der Waals surface area contributed by atoms with Crippen LogP contribution in [0.4, 0.5) is 0 Å². The summed E-state index contributed by atoms with van der Waals surface area (Å²) >= 11 is 3.35. The van der Waals surface area contributed by atoms with Crippen molar-refractivity contribution in [3.05, 3.63) is 24.4 Å². The molecule has 0 spiro atoms. The zero-order valence-electron chi connectivity index (χ0n) is 6.59. The van der Waals surface area contributed by atoms with Gasteiger partial charge in [0.2, 0.25) is 0 Å². The van der Waals surface area contributed by atoms with Crippen molar-refractivity contribution in [2.24, 2.45) is 5.73 Å². The summed E-state index contributed by atoms with van der Waals surface area (Å²) in [5, 5.41) is 4.19. The van der Waals surface area contributed by atoms with Gasteiger partial charge in [-0.25, -0.2) is 0 Å². The number of nitrogens with two attached hydrogens (primary N) is 1. The van der Waals surface area contributed by atoms with Crippen LogP contribution in [0, 0.1) is 0 Å². The molecule has 0 aliphatic carbocycles. The molecule has 0 aliphatic heterocycles. The zero-order chi connectivity index (χ0) is 8.36. The largest absolute Gasteiger partial charge is 0.391 e. The van der Waals surface area contributed by atoms with Crippen molar-refractivity contribution in [3.8, 4) is 0 Å². The fraction of sp³-hybridized carbons (Fsp3) is 0.500. The Labute approximate surface area is 76.7 Å². The molecule has 0 atom stereocenters. The van der Waals surface area contributed by atoms with Crippen LogP contribution >= 0.6 is 15.9 Å². The fourth-order valence-electron chi connectivity index (χ4n) is 0.533. The lowest BCUT2D eigenvalue weighted by Gasteiger charge is -1.94. The van der Waals surface area contributed by atoms with Gasteiger partial charge in [0.15, 0.2) is 0 Å². The first-order valence-electron chi connectivity index (χ1n) is 3.73. The lowest BCUT2D eigenvalue weighted by molar-refractivity contribution is 0.819. The molecule has 3 heteroatoms. The summed E-state index contributed by atoms with van der Waals surface area (Å²) in [5.74, 6) is 0. The quantitative estimate of drug-likeness (QED) is 0.402. The predicted octanol–water partition coefficient (Wildman–Crippen LogP) is 1.39. The summed E-state index contributed by atoms with van der Waals surface area (Å²) in [4.78, 5) is 0. The Morgan fingerprint density at radius 1 is 1.36 bits per heavy atom. The van der Waals surface area contributed by atoms with Crippen LogP contribution in [-0.2, 0) is 0 Å². The summed E-state index contributed by atoms with van der Waals surface area (Å²) < 4.78 is 0. The van der Waals surface area contributed by atoms with Crippen molar-refractivity contribution in [1.29, 1.82) is 0 Å². The predicted molar refractivity (Wildman–Crippen MR) is 53.7 cm³/mol. The van der Waals surface area contributed by atoms with Gasteiger partial charge in [-0.05, 0) is 18.7 Å². The molecule has 64 valence electrons. The molecule has 0 amide bonds. The molecule has 0 fully saturated rings. The highest BCUT2D eigenvalue weighted by molar-refractivity contribution is 9.09. The van der Waals surface area contributed by atoms with Crippen LogP contribution in [0.25, 0.3) is 0 Å². The van der Waals surface area contributed by atoms with E-state index >= 15 is 0 Å². The second-order valence-corrected chi connectivity index (χ2v) is 2.81. The molecule has 0 rings (SSSR count). The molecule has 0 unspecified atom stereocenters. The van der Waals surface area contributed by atoms with Crippen molar-refractivity contribution in [1.82, 2.24) is 5.32 Å². The molecule has 0 saturated carbocycles. The second kappa shape index (κ2) is 9.72. The standard InChI is InChI=1S/C8H15BrN2/c9-5-4-8-11-7-3-1-2-6-10/h1-3,7,11H,4-6,8,10H2/b2-1-,7-3-. The molecule has 0 radical (unpaired) electrons. The van der Waals surface area contributed by atoms with Crippen LogP contribution in [0.1, 0.15) is 6.42 Å². The fourth-order valence-corrected chi connectivity index (χ4v) is 0.813. The van der Waals surface area contributed by atoms with Crippen molar-refractivity contribution in [2.75, 3.05) is 18.4 Å². The minimum atomic E-state index is 0.603. The number of rotatable bonds is 6. The third-order valence-electron chi connectivity index (χ3n) is 1.05. The van der Waals surface area contributed by atoms with Gasteiger partial charge in [-0.1, -0.05) is 28.1 Å². The average Bonchev–Trinajstić information content (AvgIpc) is 2.03. The molecule has 0 aromatic carbocycles. The Morgan fingerprint density at radius 2 is 2.18 bits per heavy atom. The van der Waals surface area contributed by atoms with Crippen LogP contribution in [-0.4, -0.2) is 18.4 Å². The molecule has 0 saturated heterocycles. The van der Waals surface area contributed by atoms with Crippen molar-refractivity contribution in [3.63, 3.8) is 0 Å². The molecular weight excluding hydrogens is 204 g/mol. The van der Waals surface area contributed by atoms with Gasteiger partial charge in [0, 0.05) is 18.4 Å². The van der Waals surface area contributed by atoms with Gasteiger partial charge < -0.3 is 11.1 Å². The molecular formula is C8H15BrN2. The molecule has 0 bridgehead atoms. The van der Waals surface area contributed by atoms with Crippen LogP contribution in [0.2, 0.25) is 0 Å². The van der Waals surface area contributed by atoms with E-state index in [0.717, 1.165) is 18.3 Å². The summed E-state index contributed by atoms with van der Waals surface area (Å²) in [6.45, 7) is 1.62. The van der Waals surface area contributed by atoms with Crippen LogP contribution in [0.15, 0.2) is 24.4 Å². The maximum Gasteiger partial charge on any atom is 0.0149 e. The molecule has 0 heterocycles. The van der Waals surface area contributed by atoms with Crippen LogP contribution in [0.3, 0.4) is 0 Å². The van der Waals surface area contributed by atoms with E-state index in [-0.39, 0.29) is 0 Å². The third kappa shape index (κ3) is 9.72. The highest BCUT2D eigenvalue weighted by Crippen LogP contribution is 1.84. The molecule has 3 N–H and O–H groups in total. The minimum Gasteiger partial charge on any atom is -0.391 e. The number of halogens is 1. The van der Waals surface area contributed by atoms with Gasteiger partial charge in [-0.3, -0.25) is 0 Å². The van der Waals surface area contributed by atoms with Crippen LogP contribution < -0.4 is 11.1 Å². The van der Waals surface area contributed by atoms with E-state index in [1.165, 1.54) is 0 Å². The highest BCUT2D eigenvalue weighted by atomic mass is 79.9. The molecule has 2 nitrogen and oxygen atoms in total. The molecule has 0 aromatic rings. The smallest absolute Gasteiger partial charge is 0.0149 e. The van der Waals surface area contributed by atoms with E-state index in [9.17, 15) is 0 Å². The summed E-state index contributed by atoms with van der Waals surface area (Å²) in [6.07, 6.45) is 8.85. The van der Waals surface area contributed by atoms with E-state index in [2.05, 4.69) is 21.2 Å². The highest BCUT2D eigenvalue weighted by Gasteiger charge is 1.77. The van der Waals surface area contributed by atoms with E-state index in [0.29, 0.717) is 6.54 Å². The monoisotopic (exact) mass is 218 g/mol. The average molecular weight is 219 g/mol. The normalized spacial score (nSPS) is 11.5. The van der Waals surface area contributed by atoms with Gasteiger partial charge in [0.05, 0.1) is 0 Å². The molecule has 0 aliphatic rings. The third-order valence-corrected chi connectivity index (χ3v) is 1.61. The van der Waals surface area contributed by atoms with E-state index in [1.54, 1.807) is 0 Å². The van der Waals surface area contributed by atoms with Crippen LogP contribution in [0.5, 0.6) is 0 Å². The van der Waals surface area contributed by atoms with Gasteiger partial charge >= 0.3 is 0 Å². The van der Waals surface area contributed by atoms with Crippen molar-refractivity contribution in [2.45, 2.75) is 6.42 Å². The maximum absolute atomic E-state index is 5.24. The van der Waals surface area contributed by atoms with Crippen molar-refractivity contribution >= 4 is 15.9 Å². The number of hydrogen-bond donors (Lipinski definition) is 2. The van der Waals surface area contributed by atoms with E-state index in [1.807, 2.05) is 24.4 Å². The molecule has 0 aromatic heterocycles. The first-order valence-corrected chi connectivity index (χ1v) is 4.85. The Morgan fingerprint density at radius 3 is 2.82 bits per heavy atom. The maximum atomic E-state index is 5.24.